The topological polar surface area (TPSA) is 42.9 Å². The molecule has 0 spiro atoms. The molecule has 0 amide bonds. The molecule has 0 saturated heterocycles. The summed E-state index contributed by atoms with van der Waals surface area (Å²) in [5, 5.41) is 0.882. The van der Waals surface area contributed by atoms with Crippen molar-refractivity contribution in [2.45, 2.75) is 33.1 Å². The van der Waals surface area contributed by atoms with Crippen molar-refractivity contribution in [1.82, 2.24) is 9.97 Å². The second kappa shape index (κ2) is 4.61. The Hall–Kier alpha value is -1.55. The second-order valence-electron chi connectivity index (χ2n) is 5.24. The van der Waals surface area contributed by atoms with Crippen LogP contribution in [0.2, 0.25) is 0 Å². The Morgan fingerprint density at radius 3 is 2.28 bits per heavy atom. The first-order valence-electron chi connectivity index (χ1n) is 5.82. The zero-order valence-electron chi connectivity index (χ0n) is 11.0. The molecule has 0 aromatic carbocycles. The molecule has 18 heavy (non-hydrogen) atoms. The predicted octanol–water partition coefficient (Wildman–Crippen LogP) is 3.71. The van der Waals surface area contributed by atoms with E-state index in [4.69, 9.17) is 0 Å². The van der Waals surface area contributed by atoms with Crippen molar-refractivity contribution in [3.8, 4) is 10.6 Å². The third-order valence-electron chi connectivity index (χ3n) is 2.58. The Morgan fingerprint density at radius 2 is 1.83 bits per heavy atom. The zero-order valence-corrected chi connectivity index (χ0v) is 11.8. The number of Topliss-reactive ketones (excluding diaryl/α,β-unsaturated/α-hetero) is 1. The lowest BCUT2D eigenvalue weighted by Crippen LogP contribution is -2.15. The number of hydrogen-bond acceptors (Lipinski definition) is 4. The fraction of sp³-hybridized carbons (Fsp3) is 0.357. The summed E-state index contributed by atoms with van der Waals surface area (Å²) in [7, 11) is 0. The van der Waals surface area contributed by atoms with Gasteiger partial charge in [0.1, 0.15) is 5.01 Å². The molecule has 2 rings (SSSR count). The molecule has 3 nitrogen and oxygen atoms in total. The summed E-state index contributed by atoms with van der Waals surface area (Å²) >= 11 is 1.46. The summed E-state index contributed by atoms with van der Waals surface area (Å²) in [4.78, 5) is 21.1. The van der Waals surface area contributed by atoms with Gasteiger partial charge in [-0.3, -0.25) is 9.78 Å². The highest BCUT2D eigenvalue weighted by Gasteiger charge is 2.25. The number of hydrogen-bond donors (Lipinski definition) is 0. The van der Waals surface area contributed by atoms with E-state index in [-0.39, 0.29) is 11.2 Å². The van der Waals surface area contributed by atoms with E-state index in [9.17, 15) is 4.79 Å². The van der Waals surface area contributed by atoms with Crippen molar-refractivity contribution < 1.29 is 4.79 Å². The molecule has 2 aromatic rings. The normalized spacial score (nSPS) is 11.6. The number of ketones is 1. The smallest absolute Gasteiger partial charge is 0.171 e. The number of carbonyl (C=O) groups excluding carboxylic acids is 1. The number of rotatable bonds is 2. The maximum Gasteiger partial charge on any atom is 0.171 e. The maximum atomic E-state index is 11.7. The average molecular weight is 260 g/mol. The highest BCUT2D eigenvalue weighted by Crippen LogP contribution is 2.34. The van der Waals surface area contributed by atoms with Crippen LogP contribution in [0.1, 0.15) is 43.1 Å². The number of thiazole rings is 1. The van der Waals surface area contributed by atoms with Crippen LogP contribution in [0.5, 0.6) is 0 Å². The van der Waals surface area contributed by atoms with E-state index >= 15 is 0 Å². The van der Waals surface area contributed by atoms with Crippen molar-refractivity contribution in [3.63, 3.8) is 0 Å². The van der Waals surface area contributed by atoms with E-state index in [1.54, 1.807) is 19.3 Å². The van der Waals surface area contributed by atoms with Crippen molar-refractivity contribution in [2.75, 3.05) is 0 Å². The van der Waals surface area contributed by atoms with E-state index < -0.39 is 0 Å². The van der Waals surface area contributed by atoms with Gasteiger partial charge in [0.05, 0.1) is 10.6 Å². The van der Waals surface area contributed by atoms with Gasteiger partial charge in [0, 0.05) is 30.3 Å². The van der Waals surface area contributed by atoms with Crippen molar-refractivity contribution in [2.24, 2.45) is 0 Å². The standard InChI is InChI=1S/C14H16N2OS/c1-9(17)11-12(14(2,3)4)16-13(18-11)10-5-7-15-8-6-10/h5-8H,1-4H3. The van der Waals surface area contributed by atoms with Crippen LogP contribution in [0.15, 0.2) is 24.5 Å². The fourth-order valence-corrected chi connectivity index (χ4v) is 2.86. The van der Waals surface area contributed by atoms with Crippen molar-refractivity contribution >= 4 is 17.1 Å². The Morgan fingerprint density at radius 1 is 1.22 bits per heavy atom. The fourth-order valence-electron chi connectivity index (χ4n) is 1.69. The summed E-state index contributed by atoms with van der Waals surface area (Å²) in [6.45, 7) is 7.82. The molecule has 0 unspecified atom stereocenters. The molecule has 0 aliphatic heterocycles. The van der Waals surface area contributed by atoms with Crippen molar-refractivity contribution in [3.05, 3.63) is 35.1 Å². The summed E-state index contributed by atoms with van der Waals surface area (Å²) in [5.41, 5.74) is 1.77. The van der Waals surface area contributed by atoms with E-state index in [0.29, 0.717) is 0 Å². The van der Waals surface area contributed by atoms with Crippen molar-refractivity contribution in [1.29, 1.82) is 0 Å². The molecule has 0 N–H and O–H groups in total. The SMILES string of the molecule is CC(=O)c1sc(-c2ccncc2)nc1C(C)(C)C. The molecule has 4 heteroatoms. The highest BCUT2D eigenvalue weighted by molar-refractivity contribution is 7.17. The number of aromatic nitrogens is 2. The van der Waals surface area contributed by atoms with Gasteiger partial charge in [0.2, 0.25) is 0 Å². The van der Waals surface area contributed by atoms with Crippen LogP contribution >= 0.6 is 11.3 Å². The molecule has 0 atom stereocenters. The Labute approximate surface area is 111 Å². The van der Waals surface area contributed by atoms with Crippen LogP contribution in [-0.2, 0) is 5.41 Å². The third kappa shape index (κ3) is 2.48. The van der Waals surface area contributed by atoms with Gasteiger partial charge >= 0.3 is 0 Å². The second-order valence-corrected chi connectivity index (χ2v) is 6.24. The molecule has 0 fully saturated rings. The molecule has 0 aliphatic rings. The van der Waals surface area contributed by atoms with Gasteiger partial charge in [0.15, 0.2) is 5.78 Å². The van der Waals surface area contributed by atoms with Gasteiger partial charge in [-0.2, -0.15) is 0 Å². The molecular weight excluding hydrogens is 244 g/mol. The molecule has 2 aromatic heterocycles. The minimum Gasteiger partial charge on any atom is -0.294 e. The third-order valence-corrected chi connectivity index (χ3v) is 3.79. The van der Waals surface area contributed by atoms with Gasteiger partial charge in [-0.1, -0.05) is 20.8 Å². The molecular formula is C14H16N2OS. The molecule has 0 bridgehead atoms. The Bertz CT molecular complexity index is 567. The zero-order chi connectivity index (χ0) is 13.3. The quantitative estimate of drug-likeness (QED) is 0.773. The van der Waals surface area contributed by atoms with Crippen LogP contribution in [0.25, 0.3) is 10.6 Å². The number of carbonyl (C=O) groups is 1. The highest BCUT2D eigenvalue weighted by atomic mass is 32.1. The lowest BCUT2D eigenvalue weighted by Gasteiger charge is -2.16. The minimum atomic E-state index is -0.122. The first kappa shape index (κ1) is 12.9. The molecule has 94 valence electrons. The van der Waals surface area contributed by atoms with Gasteiger partial charge < -0.3 is 0 Å². The maximum absolute atomic E-state index is 11.7. The van der Waals surface area contributed by atoms with E-state index in [0.717, 1.165) is 21.1 Å². The Balaban J connectivity index is 2.57. The average Bonchev–Trinajstić information content (AvgIpc) is 2.74. The van der Waals surface area contributed by atoms with E-state index in [1.807, 2.05) is 12.1 Å². The predicted molar refractivity (Wildman–Crippen MR) is 74.0 cm³/mol. The molecule has 0 aliphatic carbocycles. The summed E-state index contributed by atoms with van der Waals surface area (Å²) in [6, 6.07) is 3.82. The molecule has 0 radical (unpaired) electrons. The van der Waals surface area contributed by atoms with Crippen LogP contribution in [0.4, 0.5) is 0 Å². The number of nitrogens with zero attached hydrogens (tertiary/aromatic N) is 2. The van der Waals surface area contributed by atoms with E-state index in [1.165, 1.54) is 11.3 Å². The summed E-state index contributed by atoms with van der Waals surface area (Å²) in [5.74, 6) is 0.0812. The monoisotopic (exact) mass is 260 g/mol. The lowest BCUT2D eigenvalue weighted by molar-refractivity contribution is 0.101. The van der Waals surface area contributed by atoms with Crippen LogP contribution in [-0.4, -0.2) is 15.8 Å². The van der Waals surface area contributed by atoms with Crippen LogP contribution in [0, 0.1) is 0 Å². The first-order valence-corrected chi connectivity index (χ1v) is 6.64. The summed E-state index contributed by atoms with van der Waals surface area (Å²) in [6.07, 6.45) is 3.47. The van der Waals surface area contributed by atoms with Crippen LogP contribution < -0.4 is 0 Å². The molecule has 0 saturated carbocycles. The number of pyridine rings is 1. The lowest BCUT2D eigenvalue weighted by atomic mass is 9.90. The van der Waals surface area contributed by atoms with E-state index in [2.05, 4.69) is 30.7 Å². The largest absolute Gasteiger partial charge is 0.294 e. The first-order chi connectivity index (χ1) is 8.39. The van der Waals surface area contributed by atoms with Gasteiger partial charge in [-0.05, 0) is 12.1 Å². The summed E-state index contributed by atoms with van der Waals surface area (Å²) < 4.78 is 0. The van der Waals surface area contributed by atoms with Gasteiger partial charge in [-0.25, -0.2) is 4.98 Å². The minimum absolute atomic E-state index is 0.0812. The van der Waals surface area contributed by atoms with Gasteiger partial charge in [0.25, 0.3) is 0 Å². The van der Waals surface area contributed by atoms with Crippen LogP contribution in [0.3, 0.4) is 0 Å². The van der Waals surface area contributed by atoms with Gasteiger partial charge in [-0.15, -0.1) is 11.3 Å². The Kier molecular flexibility index (Phi) is 3.30. The molecule has 2 heterocycles.